The predicted octanol–water partition coefficient (Wildman–Crippen LogP) is 6.54. The molecule has 0 saturated heterocycles. The zero-order valence-electron chi connectivity index (χ0n) is 23.1. The van der Waals surface area contributed by atoms with Crippen LogP contribution in [-0.2, 0) is 6.42 Å². The van der Waals surface area contributed by atoms with Gasteiger partial charge in [-0.1, -0.05) is 60.7 Å². The normalized spacial score (nSPS) is 11.8. The minimum atomic E-state index is -0.500. The van der Waals surface area contributed by atoms with Crippen molar-refractivity contribution in [1.82, 2.24) is 14.5 Å². The second-order valence-corrected chi connectivity index (χ2v) is 9.78. The molecule has 1 aromatic heterocycles. The van der Waals surface area contributed by atoms with Crippen molar-refractivity contribution in [3.8, 4) is 11.4 Å². The van der Waals surface area contributed by atoms with Gasteiger partial charge in [0, 0.05) is 12.1 Å². The summed E-state index contributed by atoms with van der Waals surface area (Å²) in [6, 6.07) is 32.0. The summed E-state index contributed by atoms with van der Waals surface area (Å²) in [5.41, 5.74) is 3.76. The molecule has 1 atom stereocenters. The molecule has 202 valence electrons. The number of carbonyl (C=O) groups excluding carboxylic acids is 1. The molecule has 40 heavy (non-hydrogen) atoms. The van der Waals surface area contributed by atoms with Gasteiger partial charge in [0.15, 0.2) is 0 Å². The molecule has 5 aromatic rings. The third-order valence-electron chi connectivity index (χ3n) is 7.17. The van der Waals surface area contributed by atoms with Crippen LogP contribution in [0.15, 0.2) is 108 Å². The lowest BCUT2D eigenvalue weighted by molar-refractivity contribution is 0.0683. The maximum absolute atomic E-state index is 14.1. The Morgan fingerprint density at radius 2 is 1.57 bits per heavy atom. The third kappa shape index (κ3) is 5.52. The number of aromatic nitrogens is 2. The molecule has 0 aliphatic heterocycles. The van der Waals surface area contributed by atoms with Gasteiger partial charge in [-0.2, -0.15) is 0 Å². The van der Waals surface area contributed by atoms with Crippen LogP contribution >= 0.6 is 0 Å². The van der Waals surface area contributed by atoms with Crippen molar-refractivity contribution < 1.29 is 9.53 Å². The number of aryl methyl sites for hydroxylation is 1. The number of amides is 1. The SMILES string of the molecule is CCOc1ccc(-n2c(C(C)N(CCc3ccccc3)C(=O)c3ccccc3C)nc3ccccc3c2=O)cc1. The number of ether oxygens (including phenoxy) is 1. The molecule has 5 rings (SSSR count). The zero-order valence-corrected chi connectivity index (χ0v) is 23.1. The average Bonchev–Trinajstić information content (AvgIpc) is 2.98. The number of hydrogen-bond acceptors (Lipinski definition) is 4. The topological polar surface area (TPSA) is 64.4 Å². The highest BCUT2D eigenvalue weighted by Crippen LogP contribution is 2.26. The molecule has 0 aliphatic carbocycles. The molecule has 6 heteroatoms. The molecule has 0 bridgehead atoms. The van der Waals surface area contributed by atoms with Gasteiger partial charge in [0.2, 0.25) is 0 Å². The zero-order chi connectivity index (χ0) is 28.1. The first-order valence-corrected chi connectivity index (χ1v) is 13.6. The monoisotopic (exact) mass is 531 g/mol. The average molecular weight is 532 g/mol. The van der Waals surface area contributed by atoms with Crippen LogP contribution < -0.4 is 10.3 Å². The van der Waals surface area contributed by atoms with E-state index < -0.39 is 6.04 Å². The van der Waals surface area contributed by atoms with Crippen LogP contribution in [0.25, 0.3) is 16.6 Å². The lowest BCUT2D eigenvalue weighted by atomic mass is 10.0. The minimum absolute atomic E-state index is 0.0952. The van der Waals surface area contributed by atoms with Crippen molar-refractivity contribution in [2.24, 2.45) is 0 Å². The number of benzene rings is 4. The van der Waals surface area contributed by atoms with E-state index in [1.807, 2.05) is 111 Å². The summed E-state index contributed by atoms with van der Waals surface area (Å²) in [5.74, 6) is 1.13. The van der Waals surface area contributed by atoms with E-state index in [-0.39, 0.29) is 11.5 Å². The van der Waals surface area contributed by atoms with E-state index in [9.17, 15) is 9.59 Å². The fraction of sp³-hybridized carbons (Fsp3) is 0.206. The lowest BCUT2D eigenvalue weighted by Crippen LogP contribution is -2.39. The van der Waals surface area contributed by atoms with E-state index in [1.165, 1.54) is 0 Å². The Morgan fingerprint density at radius 1 is 0.900 bits per heavy atom. The molecule has 4 aromatic carbocycles. The van der Waals surface area contributed by atoms with E-state index in [4.69, 9.17) is 9.72 Å². The van der Waals surface area contributed by atoms with Gasteiger partial charge in [-0.25, -0.2) is 4.98 Å². The van der Waals surface area contributed by atoms with Gasteiger partial charge in [-0.05, 0) is 80.8 Å². The largest absolute Gasteiger partial charge is 0.494 e. The fourth-order valence-corrected chi connectivity index (χ4v) is 5.01. The summed E-state index contributed by atoms with van der Waals surface area (Å²) >= 11 is 0. The van der Waals surface area contributed by atoms with Crippen LogP contribution in [0.1, 0.15) is 47.2 Å². The van der Waals surface area contributed by atoms with Crippen molar-refractivity contribution in [1.29, 1.82) is 0 Å². The van der Waals surface area contributed by atoms with Crippen molar-refractivity contribution in [3.63, 3.8) is 0 Å². The Labute approximate surface area is 234 Å². The maximum atomic E-state index is 14.1. The minimum Gasteiger partial charge on any atom is -0.494 e. The molecule has 1 heterocycles. The Morgan fingerprint density at radius 3 is 2.30 bits per heavy atom. The van der Waals surface area contributed by atoms with Gasteiger partial charge in [0.1, 0.15) is 11.6 Å². The smallest absolute Gasteiger partial charge is 0.266 e. The lowest BCUT2D eigenvalue weighted by Gasteiger charge is -2.31. The van der Waals surface area contributed by atoms with Crippen LogP contribution in [0.5, 0.6) is 5.75 Å². The van der Waals surface area contributed by atoms with E-state index in [0.29, 0.717) is 47.6 Å². The molecule has 0 spiro atoms. The van der Waals surface area contributed by atoms with Crippen LogP contribution in [-0.4, -0.2) is 33.5 Å². The summed E-state index contributed by atoms with van der Waals surface area (Å²) in [4.78, 5) is 34.9. The van der Waals surface area contributed by atoms with E-state index >= 15 is 0 Å². The summed E-state index contributed by atoms with van der Waals surface area (Å²) in [6.07, 6.45) is 0.670. The standard InChI is InChI=1S/C34H33N3O3/c1-4-40-28-20-18-27(19-21-28)37-32(35-31-17-11-10-16-30(31)34(37)39)25(3)36(23-22-26-13-6-5-7-14-26)33(38)29-15-9-8-12-24(29)2/h5-21,25H,4,22-23H2,1-3H3. The van der Waals surface area contributed by atoms with Crippen LogP contribution in [0.3, 0.4) is 0 Å². The molecule has 0 aliphatic rings. The molecular formula is C34H33N3O3. The molecule has 0 saturated carbocycles. The molecule has 0 fully saturated rings. The number of nitrogens with zero attached hydrogens (tertiary/aromatic N) is 3. The van der Waals surface area contributed by atoms with Crippen molar-refractivity contribution in [3.05, 3.63) is 136 Å². The summed E-state index contributed by atoms with van der Waals surface area (Å²) in [5, 5.41) is 0.522. The first-order chi connectivity index (χ1) is 19.5. The summed E-state index contributed by atoms with van der Waals surface area (Å²) in [6.45, 7) is 6.84. The Bertz CT molecular complexity index is 1680. The first kappa shape index (κ1) is 26.9. The fourth-order valence-electron chi connectivity index (χ4n) is 5.01. The number of fused-ring (bicyclic) bond motifs is 1. The second kappa shape index (κ2) is 12.0. The maximum Gasteiger partial charge on any atom is 0.266 e. The van der Waals surface area contributed by atoms with Crippen LogP contribution in [0.2, 0.25) is 0 Å². The van der Waals surface area contributed by atoms with Crippen molar-refractivity contribution in [2.45, 2.75) is 33.2 Å². The van der Waals surface area contributed by atoms with E-state index in [1.54, 1.807) is 10.6 Å². The van der Waals surface area contributed by atoms with Gasteiger partial charge in [-0.15, -0.1) is 0 Å². The molecule has 1 amide bonds. The van der Waals surface area contributed by atoms with E-state index in [2.05, 4.69) is 12.1 Å². The number of hydrogen-bond donors (Lipinski definition) is 0. The van der Waals surface area contributed by atoms with Gasteiger partial charge in [0.05, 0.1) is 29.2 Å². The molecular weight excluding hydrogens is 498 g/mol. The number of rotatable bonds is 9. The molecule has 0 N–H and O–H groups in total. The van der Waals surface area contributed by atoms with Crippen LogP contribution in [0, 0.1) is 6.92 Å². The van der Waals surface area contributed by atoms with Gasteiger partial charge < -0.3 is 9.64 Å². The van der Waals surface area contributed by atoms with E-state index in [0.717, 1.165) is 16.9 Å². The molecule has 0 radical (unpaired) electrons. The molecule has 1 unspecified atom stereocenters. The third-order valence-corrected chi connectivity index (χ3v) is 7.17. The Kier molecular flexibility index (Phi) is 8.06. The van der Waals surface area contributed by atoms with Gasteiger partial charge in [0.25, 0.3) is 11.5 Å². The quantitative estimate of drug-likeness (QED) is 0.217. The first-order valence-electron chi connectivity index (χ1n) is 13.6. The van der Waals surface area contributed by atoms with Crippen molar-refractivity contribution in [2.75, 3.05) is 13.2 Å². The Balaban J connectivity index is 1.64. The van der Waals surface area contributed by atoms with Gasteiger partial charge in [-0.3, -0.25) is 14.2 Å². The second-order valence-electron chi connectivity index (χ2n) is 9.78. The highest BCUT2D eigenvalue weighted by molar-refractivity contribution is 5.96. The number of carbonyl (C=O) groups is 1. The number of para-hydroxylation sites is 1. The summed E-state index contributed by atoms with van der Waals surface area (Å²) in [7, 11) is 0. The predicted molar refractivity (Wildman–Crippen MR) is 159 cm³/mol. The summed E-state index contributed by atoms with van der Waals surface area (Å²) < 4.78 is 7.25. The highest BCUT2D eigenvalue weighted by Gasteiger charge is 2.28. The highest BCUT2D eigenvalue weighted by atomic mass is 16.5. The Hall–Kier alpha value is -4.71. The van der Waals surface area contributed by atoms with Crippen molar-refractivity contribution >= 4 is 16.8 Å². The molecule has 6 nitrogen and oxygen atoms in total. The van der Waals surface area contributed by atoms with Gasteiger partial charge >= 0.3 is 0 Å². The van der Waals surface area contributed by atoms with Crippen LogP contribution in [0.4, 0.5) is 0 Å².